The Balaban J connectivity index is 1.54. The van der Waals surface area contributed by atoms with Crippen LogP contribution in [0.2, 0.25) is 0 Å². The molecule has 3 heterocycles. The molecule has 1 N–H and O–H groups in total. The van der Waals surface area contributed by atoms with Crippen molar-refractivity contribution in [1.29, 1.82) is 0 Å². The number of H-pyrrole nitrogens is 1. The molecule has 8 nitrogen and oxygen atoms in total. The highest BCUT2D eigenvalue weighted by Crippen LogP contribution is 2.22. The van der Waals surface area contributed by atoms with Gasteiger partial charge in [-0.3, -0.25) is 19.6 Å². The van der Waals surface area contributed by atoms with Gasteiger partial charge in [-0.2, -0.15) is 4.52 Å². The first kappa shape index (κ1) is 16.5. The van der Waals surface area contributed by atoms with Crippen LogP contribution in [0.5, 0.6) is 0 Å². The fourth-order valence-corrected chi connectivity index (χ4v) is 3.47. The molecule has 8 heteroatoms. The van der Waals surface area contributed by atoms with E-state index in [1.165, 1.54) is 28.2 Å². The lowest BCUT2D eigenvalue weighted by atomic mass is 9.94. The van der Waals surface area contributed by atoms with Crippen LogP contribution >= 0.6 is 0 Å². The number of nitrogens with zero attached hydrogens (tertiary/aromatic N) is 5. The maximum absolute atomic E-state index is 12.8. The van der Waals surface area contributed by atoms with Crippen LogP contribution in [0, 0.1) is 0 Å². The largest absolute Gasteiger partial charge is 0.340 e. The molecule has 0 spiro atoms. The van der Waals surface area contributed by atoms with E-state index in [4.69, 9.17) is 0 Å². The van der Waals surface area contributed by atoms with E-state index in [9.17, 15) is 9.59 Å². The number of carbonyl (C=O) groups is 1. The first-order valence-corrected chi connectivity index (χ1v) is 8.48. The molecule has 26 heavy (non-hydrogen) atoms. The van der Waals surface area contributed by atoms with Crippen LogP contribution in [0.15, 0.2) is 41.6 Å². The molecular weight excluding hydrogens is 332 g/mol. The molecule has 1 aliphatic heterocycles. The molecule has 2 aromatic heterocycles. The van der Waals surface area contributed by atoms with Gasteiger partial charge in [-0.25, -0.2) is 9.97 Å². The quantitative estimate of drug-likeness (QED) is 0.744. The van der Waals surface area contributed by atoms with Gasteiger partial charge in [-0.1, -0.05) is 24.3 Å². The summed E-state index contributed by atoms with van der Waals surface area (Å²) < 4.78 is 1.17. The van der Waals surface area contributed by atoms with Crippen molar-refractivity contribution in [1.82, 2.24) is 29.4 Å². The van der Waals surface area contributed by atoms with Crippen molar-refractivity contribution in [2.45, 2.75) is 19.0 Å². The summed E-state index contributed by atoms with van der Waals surface area (Å²) in [5, 5.41) is 2.67. The number of benzene rings is 1. The summed E-state index contributed by atoms with van der Waals surface area (Å²) in [5.41, 5.74) is 2.24. The first-order valence-electron chi connectivity index (χ1n) is 8.48. The van der Waals surface area contributed by atoms with Gasteiger partial charge >= 0.3 is 0 Å². The Morgan fingerprint density at radius 3 is 2.88 bits per heavy atom. The molecule has 3 aromatic rings. The van der Waals surface area contributed by atoms with Gasteiger partial charge < -0.3 is 4.90 Å². The summed E-state index contributed by atoms with van der Waals surface area (Å²) >= 11 is 0. The predicted molar refractivity (Wildman–Crippen MR) is 96.0 cm³/mol. The highest BCUT2D eigenvalue weighted by Gasteiger charge is 2.27. The minimum Gasteiger partial charge on any atom is -0.340 e. The Labute approximate surface area is 150 Å². The second-order valence-corrected chi connectivity index (χ2v) is 6.73. The minimum absolute atomic E-state index is 0.0353. The lowest BCUT2D eigenvalue weighted by Crippen LogP contribution is -2.47. The number of hydrogen-bond acceptors (Lipinski definition) is 5. The Bertz CT molecular complexity index is 1020. The topological polar surface area (TPSA) is 86.6 Å². The van der Waals surface area contributed by atoms with Crippen molar-refractivity contribution in [3.05, 3.63) is 63.8 Å². The third-order valence-electron chi connectivity index (χ3n) is 4.99. The van der Waals surface area contributed by atoms with E-state index >= 15 is 0 Å². The fourth-order valence-electron chi connectivity index (χ4n) is 3.47. The van der Waals surface area contributed by atoms with E-state index in [0.717, 1.165) is 13.0 Å². The second-order valence-electron chi connectivity index (χ2n) is 6.73. The number of likely N-dealkylation sites (N-methyl/N-ethyl adjacent to an activating group) is 2. The zero-order valence-corrected chi connectivity index (χ0v) is 14.7. The molecule has 1 aliphatic rings. The zero-order valence-electron chi connectivity index (χ0n) is 14.7. The number of rotatable bonds is 3. The zero-order chi connectivity index (χ0) is 18.3. The van der Waals surface area contributed by atoms with Gasteiger partial charge in [0.1, 0.15) is 11.9 Å². The van der Waals surface area contributed by atoms with Crippen molar-refractivity contribution < 1.29 is 4.79 Å². The highest BCUT2D eigenvalue weighted by molar-refractivity contribution is 5.93. The normalized spacial score (nSPS) is 17.2. The maximum atomic E-state index is 12.8. The molecule has 0 saturated carbocycles. The molecule has 0 fully saturated rings. The summed E-state index contributed by atoms with van der Waals surface area (Å²) in [5.74, 6) is -0.0865. The molecule has 4 rings (SSSR count). The van der Waals surface area contributed by atoms with Gasteiger partial charge in [-0.15, -0.1) is 0 Å². The number of aromatic amines is 1. The van der Waals surface area contributed by atoms with Gasteiger partial charge in [0.05, 0.1) is 0 Å². The van der Waals surface area contributed by atoms with Crippen LogP contribution in [0.1, 0.15) is 21.5 Å². The van der Waals surface area contributed by atoms with E-state index in [-0.39, 0.29) is 23.3 Å². The predicted octanol–water partition coefficient (Wildman–Crippen LogP) is 0.546. The third-order valence-corrected chi connectivity index (χ3v) is 4.99. The van der Waals surface area contributed by atoms with Crippen molar-refractivity contribution in [3.8, 4) is 0 Å². The number of hydrogen-bond donors (Lipinski definition) is 1. The standard InChI is InChI=1S/C18H20N6O2/c1-22-9-13-6-4-3-5-12(13)7-14(22)10-23(2)16(25)15-8-19-18-20-11-21-24(18)17(15)26/h3-6,8,11,14H,7,9-10H2,1-2H3,(H,19,20,21)/t14-/m1/s1. The van der Waals surface area contributed by atoms with E-state index < -0.39 is 5.56 Å². The SMILES string of the molecule is CN(C[C@H]1Cc2ccccc2CN1C)C(=O)c1cnc2nc[nH]n2c1=O. The Morgan fingerprint density at radius 1 is 1.31 bits per heavy atom. The summed E-state index contributed by atoms with van der Waals surface area (Å²) in [6.07, 6.45) is 3.55. The summed E-state index contributed by atoms with van der Waals surface area (Å²) in [7, 11) is 3.78. The molecule has 134 valence electrons. The van der Waals surface area contributed by atoms with E-state index in [1.54, 1.807) is 11.9 Å². The molecule has 1 aromatic carbocycles. The molecule has 0 bridgehead atoms. The van der Waals surface area contributed by atoms with Gasteiger partial charge in [0.25, 0.3) is 17.2 Å². The smallest absolute Gasteiger partial charge is 0.286 e. The first-order chi connectivity index (χ1) is 12.5. The van der Waals surface area contributed by atoms with Crippen LogP contribution in [0.3, 0.4) is 0 Å². The van der Waals surface area contributed by atoms with E-state index in [2.05, 4.69) is 45.2 Å². The van der Waals surface area contributed by atoms with Gasteiger partial charge in [0.15, 0.2) is 0 Å². The monoisotopic (exact) mass is 352 g/mol. The van der Waals surface area contributed by atoms with Gasteiger partial charge in [0, 0.05) is 32.4 Å². The Kier molecular flexibility index (Phi) is 4.04. The lowest BCUT2D eigenvalue weighted by molar-refractivity contribution is 0.0731. The van der Waals surface area contributed by atoms with Crippen molar-refractivity contribution in [2.75, 3.05) is 20.6 Å². The lowest BCUT2D eigenvalue weighted by Gasteiger charge is -2.36. The number of fused-ring (bicyclic) bond motifs is 2. The number of carbonyl (C=O) groups excluding carboxylic acids is 1. The highest BCUT2D eigenvalue weighted by atomic mass is 16.2. The number of amides is 1. The number of aromatic nitrogens is 4. The molecule has 0 saturated heterocycles. The summed E-state index contributed by atoms with van der Waals surface area (Å²) in [6.45, 7) is 1.39. The number of nitrogens with one attached hydrogen (secondary N) is 1. The second kappa shape index (κ2) is 6.38. The van der Waals surface area contributed by atoms with Crippen LogP contribution in [-0.2, 0) is 13.0 Å². The third kappa shape index (κ3) is 2.78. The summed E-state index contributed by atoms with van der Waals surface area (Å²) in [6, 6.07) is 8.57. The molecule has 0 unspecified atom stereocenters. The average molecular weight is 352 g/mol. The Hall–Kier alpha value is -3.00. The summed E-state index contributed by atoms with van der Waals surface area (Å²) in [4.78, 5) is 37.0. The van der Waals surface area contributed by atoms with Crippen LogP contribution in [-0.4, -0.2) is 62.0 Å². The van der Waals surface area contributed by atoms with Crippen molar-refractivity contribution in [3.63, 3.8) is 0 Å². The average Bonchev–Trinajstić information content (AvgIpc) is 3.12. The Morgan fingerprint density at radius 2 is 2.08 bits per heavy atom. The van der Waals surface area contributed by atoms with Crippen LogP contribution in [0.25, 0.3) is 5.78 Å². The molecule has 1 atom stereocenters. The van der Waals surface area contributed by atoms with Gasteiger partial charge in [0.2, 0.25) is 0 Å². The molecule has 0 aliphatic carbocycles. The molecule has 1 amide bonds. The van der Waals surface area contributed by atoms with Crippen LogP contribution in [0.4, 0.5) is 0 Å². The molecular formula is C18H20N6O2. The molecule has 0 radical (unpaired) electrons. The minimum atomic E-state index is -0.438. The van der Waals surface area contributed by atoms with Gasteiger partial charge in [-0.05, 0) is 24.6 Å². The fraction of sp³-hybridized carbons (Fsp3) is 0.333. The van der Waals surface area contributed by atoms with Crippen LogP contribution < -0.4 is 5.56 Å². The maximum Gasteiger partial charge on any atom is 0.286 e. The van der Waals surface area contributed by atoms with E-state index in [1.807, 2.05) is 6.07 Å². The van der Waals surface area contributed by atoms with Crippen molar-refractivity contribution >= 4 is 11.7 Å². The van der Waals surface area contributed by atoms with Crippen molar-refractivity contribution in [2.24, 2.45) is 0 Å². The van der Waals surface area contributed by atoms with E-state index in [0.29, 0.717) is 6.54 Å².